The number of fused-ring (bicyclic) bond motifs is 1. The molecule has 2 aromatic rings. The minimum absolute atomic E-state index is 0.00675. The van der Waals surface area contributed by atoms with Gasteiger partial charge in [0.05, 0.1) is 6.54 Å². The van der Waals surface area contributed by atoms with Gasteiger partial charge in [0, 0.05) is 30.4 Å². The number of carbonyl (C=O) groups is 1. The van der Waals surface area contributed by atoms with Gasteiger partial charge in [-0.3, -0.25) is 4.79 Å². The number of aromatic nitrogens is 2. The fraction of sp³-hybridized carbons (Fsp3) is 0.593. The van der Waals surface area contributed by atoms with Crippen molar-refractivity contribution in [2.24, 2.45) is 0 Å². The lowest BCUT2D eigenvalue weighted by Crippen LogP contribution is -2.31. The standard InChI is InChI=1S/C27H39N5O/c1-5-16-31(17-6-2)27-29-24-23(18-32(19(3)4)26(24)33)25(30-27)28-22-14-12-21(13-15-22)20-10-8-7-9-11-20/h12-15,19-20H,5-11,16-18H2,1-4H3,(H,28,29,30). The number of hydrogen-bond acceptors (Lipinski definition) is 5. The first kappa shape index (κ1) is 23.5. The van der Waals surface area contributed by atoms with E-state index in [4.69, 9.17) is 9.97 Å². The summed E-state index contributed by atoms with van der Waals surface area (Å²) < 4.78 is 0. The van der Waals surface area contributed by atoms with Gasteiger partial charge in [0.2, 0.25) is 5.95 Å². The van der Waals surface area contributed by atoms with Crippen molar-refractivity contribution in [3.8, 4) is 0 Å². The maximum Gasteiger partial charge on any atom is 0.273 e. The van der Waals surface area contributed by atoms with E-state index in [1.165, 1.54) is 37.7 Å². The predicted octanol–water partition coefficient (Wildman–Crippen LogP) is 6.26. The van der Waals surface area contributed by atoms with Gasteiger partial charge in [-0.15, -0.1) is 0 Å². The molecular weight excluding hydrogens is 410 g/mol. The van der Waals surface area contributed by atoms with Gasteiger partial charge in [-0.05, 0) is 63.1 Å². The zero-order chi connectivity index (χ0) is 23.4. The average molecular weight is 450 g/mol. The number of amides is 1. The van der Waals surface area contributed by atoms with E-state index >= 15 is 0 Å². The van der Waals surface area contributed by atoms with Crippen molar-refractivity contribution in [2.45, 2.75) is 91.1 Å². The molecule has 1 aliphatic carbocycles. The van der Waals surface area contributed by atoms with Crippen molar-refractivity contribution >= 4 is 23.4 Å². The highest BCUT2D eigenvalue weighted by Gasteiger charge is 2.34. The summed E-state index contributed by atoms with van der Waals surface area (Å²) in [6, 6.07) is 8.95. The molecule has 0 saturated heterocycles. The van der Waals surface area contributed by atoms with E-state index in [0.29, 0.717) is 24.1 Å². The Morgan fingerprint density at radius 1 is 1.03 bits per heavy atom. The molecule has 6 nitrogen and oxygen atoms in total. The largest absolute Gasteiger partial charge is 0.341 e. The second-order valence-electron chi connectivity index (χ2n) is 9.80. The van der Waals surface area contributed by atoms with Gasteiger partial charge in [0.15, 0.2) is 0 Å². The van der Waals surface area contributed by atoms with Gasteiger partial charge < -0.3 is 15.1 Å². The van der Waals surface area contributed by atoms with Gasteiger partial charge in [-0.25, -0.2) is 4.98 Å². The van der Waals surface area contributed by atoms with Crippen molar-refractivity contribution in [3.05, 3.63) is 41.1 Å². The molecule has 2 aliphatic rings. The molecule has 1 N–H and O–H groups in total. The summed E-state index contributed by atoms with van der Waals surface area (Å²) in [6.45, 7) is 10.7. The summed E-state index contributed by atoms with van der Waals surface area (Å²) in [5, 5.41) is 3.54. The monoisotopic (exact) mass is 449 g/mol. The first-order chi connectivity index (χ1) is 16.0. The Hall–Kier alpha value is -2.63. The van der Waals surface area contributed by atoms with E-state index in [-0.39, 0.29) is 11.9 Å². The average Bonchev–Trinajstić information content (AvgIpc) is 3.17. The Bertz CT molecular complexity index is 944. The van der Waals surface area contributed by atoms with E-state index in [0.717, 1.165) is 43.0 Å². The Morgan fingerprint density at radius 3 is 2.30 bits per heavy atom. The molecule has 33 heavy (non-hydrogen) atoms. The van der Waals surface area contributed by atoms with Crippen LogP contribution in [0.25, 0.3) is 0 Å². The molecule has 178 valence electrons. The molecule has 1 aromatic heterocycles. The molecule has 1 aliphatic heterocycles. The van der Waals surface area contributed by atoms with Gasteiger partial charge in [0.25, 0.3) is 5.91 Å². The van der Waals surface area contributed by atoms with Crippen LogP contribution >= 0.6 is 0 Å². The predicted molar refractivity (Wildman–Crippen MR) is 135 cm³/mol. The van der Waals surface area contributed by atoms with Crippen molar-refractivity contribution in [2.75, 3.05) is 23.3 Å². The summed E-state index contributed by atoms with van der Waals surface area (Å²) in [5.74, 6) is 2.11. The van der Waals surface area contributed by atoms with Crippen LogP contribution in [0.1, 0.15) is 100 Å². The first-order valence-electron chi connectivity index (χ1n) is 12.9. The molecule has 0 unspecified atom stereocenters. The third kappa shape index (κ3) is 5.15. The summed E-state index contributed by atoms with van der Waals surface area (Å²) in [7, 11) is 0. The van der Waals surface area contributed by atoms with E-state index in [2.05, 4.69) is 62.2 Å². The van der Waals surface area contributed by atoms with Crippen LogP contribution in [-0.4, -0.2) is 39.9 Å². The molecule has 0 bridgehead atoms. The number of nitrogens with zero attached hydrogens (tertiary/aromatic N) is 4. The Morgan fingerprint density at radius 2 is 1.70 bits per heavy atom. The van der Waals surface area contributed by atoms with E-state index in [1.807, 2.05) is 4.90 Å². The molecule has 4 rings (SSSR count). The lowest BCUT2D eigenvalue weighted by atomic mass is 9.84. The van der Waals surface area contributed by atoms with Gasteiger partial charge in [0.1, 0.15) is 11.5 Å². The van der Waals surface area contributed by atoms with E-state index in [1.54, 1.807) is 0 Å². The van der Waals surface area contributed by atoms with Crippen LogP contribution in [0.2, 0.25) is 0 Å². The number of benzene rings is 1. The Labute approximate surface area is 198 Å². The number of rotatable bonds is 9. The van der Waals surface area contributed by atoms with Crippen LogP contribution in [0.5, 0.6) is 0 Å². The quantitative estimate of drug-likeness (QED) is 0.490. The van der Waals surface area contributed by atoms with Gasteiger partial charge in [-0.2, -0.15) is 4.98 Å². The molecular formula is C27H39N5O. The molecule has 0 spiro atoms. The molecule has 1 aromatic carbocycles. The number of carbonyl (C=O) groups excluding carboxylic acids is 1. The summed E-state index contributed by atoms with van der Waals surface area (Å²) in [4.78, 5) is 26.9. The van der Waals surface area contributed by atoms with Crippen LogP contribution in [-0.2, 0) is 6.54 Å². The molecule has 0 radical (unpaired) electrons. The number of nitrogens with one attached hydrogen (secondary N) is 1. The molecule has 1 saturated carbocycles. The maximum atomic E-state index is 13.1. The normalized spacial score (nSPS) is 16.4. The molecule has 6 heteroatoms. The molecule has 1 amide bonds. The van der Waals surface area contributed by atoms with E-state index in [9.17, 15) is 4.79 Å². The third-order valence-electron chi connectivity index (χ3n) is 6.93. The summed E-state index contributed by atoms with van der Waals surface area (Å²) in [6.07, 6.45) is 8.67. The molecule has 0 atom stereocenters. The van der Waals surface area contributed by atoms with Gasteiger partial charge in [-0.1, -0.05) is 45.2 Å². The fourth-order valence-electron chi connectivity index (χ4n) is 5.10. The van der Waals surface area contributed by atoms with Crippen molar-refractivity contribution < 1.29 is 4.79 Å². The topological polar surface area (TPSA) is 61.4 Å². The smallest absolute Gasteiger partial charge is 0.273 e. The molecule has 1 fully saturated rings. The van der Waals surface area contributed by atoms with Crippen molar-refractivity contribution in [3.63, 3.8) is 0 Å². The minimum atomic E-state index is 0.00675. The zero-order valence-corrected chi connectivity index (χ0v) is 20.7. The zero-order valence-electron chi connectivity index (χ0n) is 20.7. The second-order valence-corrected chi connectivity index (χ2v) is 9.80. The number of anilines is 3. The lowest BCUT2D eigenvalue weighted by Gasteiger charge is -2.23. The SMILES string of the molecule is CCCN(CCC)c1nc(Nc2ccc(C3CCCCC3)cc2)c2c(n1)C(=O)N(C(C)C)C2. The van der Waals surface area contributed by atoms with E-state index < -0.39 is 0 Å². The number of hydrogen-bond donors (Lipinski definition) is 1. The third-order valence-corrected chi connectivity index (χ3v) is 6.93. The van der Waals surface area contributed by atoms with Crippen LogP contribution < -0.4 is 10.2 Å². The highest BCUT2D eigenvalue weighted by molar-refractivity contribution is 5.98. The minimum Gasteiger partial charge on any atom is -0.341 e. The summed E-state index contributed by atoms with van der Waals surface area (Å²) >= 11 is 0. The molecule has 2 heterocycles. The van der Waals surface area contributed by atoms with Crippen LogP contribution in [0, 0.1) is 0 Å². The van der Waals surface area contributed by atoms with Crippen LogP contribution in [0.3, 0.4) is 0 Å². The van der Waals surface area contributed by atoms with Crippen molar-refractivity contribution in [1.82, 2.24) is 14.9 Å². The maximum absolute atomic E-state index is 13.1. The summed E-state index contributed by atoms with van der Waals surface area (Å²) in [5.41, 5.74) is 3.90. The fourth-order valence-corrected chi connectivity index (χ4v) is 5.10. The first-order valence-corrected chi connectivity index (χ1v) is 12.9. The Kier molecular flexibility index (Phi) is 7.51. The van der Waals surface area contributed by atoms with Gasteiger partial charge >= 0.3 is 0 Å². The highest BCUT2D eigenvalue weighted by Crippen LogP contribution is 2.35. The second kappa shape index (κ2) is 10.5. The highest BCUT2D eigenvalue weighted by atomic mass is 16.2. The Balaban J connectivity index is 1.65. The lowest BCUT2D eigenvalue weighted by molar-refractivity contribution is 0.0726. The van der Waals surface area contributed by atoms with Crippen LogP contribution in [0.4, 0.5) is 17.5 Å². The van der Waals surface area contributed by atoms with Crippen molar-refractivity contribution in [1.29, 1.82) is 0 Å². The van der Waals surface area contributed by atoms with Crippen LogP contribution in [0.15, 0.2) is 24.3 Å².